The fourth-order valence-electron chi connectivity index (χ4n) is 4.33. The molecule has 7 heteroatoms. The molecule has 3 aromatic rings. The predicted octanol–water partition coefficient (Wildman–Crippen LogP) is 3.23. The van der Waals surface area contributed by atoms with Crippen LogP contribution in [0.5, 0.6) is 5.75 Å². The van der Waals surface area contributed by atoms with Gasteiger partial charge in [-0.1, -0.05) is 18.2 Å². The van der Waals surface area contributed by atoms with Gasteiger partial charge in [0, 0.05) is 0 Å². The Bertz CT molecular complexity index is 1050. The first-order valence-electron chi connectivity index (χ1n) is 11.1. The third kappa shape index (κ3) is 4.99. The molecule has 0 aliphatic carbocycles. The van der Waals surface area contributed by atoms with Crippen molar-refractivity contribution < 1.29 is 29.9 Å². The maximum atomic E-state index is 10.7. The van der Waals surface area contributed by atoms with Crippen molar-refractivity contribution in [3.63, 3.8) is 0 Å². The van der Waals surface area contributed by atoms with E-state index in [1.807, 2.05) is 54.8 Å². The van der Waals surface area contributed by atoms with E-state index in [2.05, 4.69) is 12.3 Å². The van der Waals surface area contributed by atoms with Crippen molar-refractivity contribution in [2.24, 2.45) is 0 Å². The summed E-state index contributed by atoms with van der Waals surface area (Å²) in [6.45, 7) is 4.19. The van der Waals surface area contributed by atoms with Gasteiger partial charge in [-0.05, 0) is 88.7 Å². The SMILES string of the molecule is CCOc1ccc(Cc2cc([C@@H]3O[C@H](CO)[C@@H](O)[C@H](O)C3O)cc(-c3ccsc3)c2C)cc1. The monoisotopic (exact) mass is 470 g/mol. The molecule has 1 saturated heterocycles. The highest BCUT2D eigenvalue weighted by Crippen LogP contribution is 2.37. The lowest BCUT2D eigenvalue weighted by Gasteiger charge is -2.40. The summed E-state index contributed by atoms with van der Waals surface area (Å²) in [6.07, 6.45) is -5.28. The van der Waals surface area contributed by atoms with Gasteiger partial charge in [-0.25, -0.2) is 0 Å². The Hall–Kier alpha value is -2.26. The Kier molecular flexibility index (Phi) is 7.48. The first-order valence-corrected chi connectivity index (χ1v) is 12.1. The second kappa shape index (κ2) is 10.3. The normalized spacial score (nSPS) is 25.2. The fraction of sp³-hybridized carbons (Fsp3) is 0.385. The van der Waals surface area contributed by atoms with Crippen LogP contribution in [-0.2, 0) is 11.2 Å². The Morgan fingerprint density at radius 3 is 2.39 bits per heavy atom. The number of ether oxygens (including phenoxy) is 2. The van der Waals surface area contributed by atoms with Gasteiger partial charge in [0.2, 0.25) is 0 Å². The van der Waals surface area contributed by atoms with Gasteiger partial charge in [-0.3, -0.25) is 0 Å². The molecule has 0 saturated carbocycles. The van der Waals surface area contributed by atoms with Crippen LogP contribution < -0.4 is 4.74 Å². The zero-order valence-corrected chi connectivity index (χ0v) is 19.5. The molecule has 6 nitrogen and oxygen atoms in total. The largest absolute Gasteiger partial charge is 0.494 e. The molecule has 0 bridgehead atoms. The lowest BCUT2D eigenvalue weighted by molar-refractivity contribution is -0.231. The van der Waals surface area contributed by atoms with Gasteiger partial charge >= 0.3 is 0 Å². The predicted molar refractivity (Wildman–Crippen MR) is 128 cm³/mol. The minimum atomic E-state index is -1.42. The average Bonchev–Trinajstić information content (AvgIpc) is 3.35. The van der Waals surface area contributed by atoms with E-state index < -0.39 is 37.1 Å². The van der Waals surface area contributed by atoms with E-state index >= 15 is 0 Å². The van der Waals surface area contributed by atoms with E-state index in [9.17, 15) is 20.4 Å². The van der Waals surface area contributed by atoms with Gasteiger partial charge < -0.3 is 29.9 Å². The summed E-state index contributed by atoms with van der Waals surface area (Å²) in [5.41, 5.74) is 6.08. The lowest BCUT2D eigenvalue weighted by Crippen LogP contribution is -2.55. The van der Waals surface area contributed by atoms with Crippen LogP contribution in [0.2, 0.25) is 0 Å². The molecule has 2 aromatic carbocycles. The number of aliphatic hydroxyl groups is 4. The number of aliphatic hydroxyl groups excluding tert-OH is 4. The zero-order chi connectivity index (χ0) is 23.5. The molecule has 5 atom stereocenters. The van der Waals surface area contributed by atoms with Gasteiger partial charge in [0.15, 0.2) is 0 Å². The zero-order valence-electron chi connectivity index (χ0n) is 18.7. The minimum absolute atomic E-state index is 0.455. The fourth-order valence-corrected chi connectivity index (χ4v) is 4.99. The minimum Gasteiger partial charge on any atom is -0.494 e. The van der Waals surface area contributed by atoms with E-state index in [0.29, 0.717) is 18.6 Å². The number of hydrogen-bond donors (Lipinski definition) is 4. The molecule has 176 valence electrons. The van der Waals surface area contributed by atoms with Crippen molar-refractivity contribution >= 4 is 11.3 Å². The molecule has 0 spiro atoms. The first kappa shape index (κ1) is 23.9. The first-order chi connectivity index (χ1) is 15.9. The van der Waals surface area contributed by atoms with Crippen molar-refractivity contribution in [3.05, 3.63) is 75.5 Å². The molecule has 1 aliphatic heterocycles. The lowest BCUT2D eigenvalue weighted by atomic mass is 9.86. The number of hydrogen-bond acceptors (Lipinski definition) is 7. The summed E-state index contributed by atoms with van der Waals surface area (Å²) in [7, 11) is 0. The molecule has 4 N–H and O–H groups in total. The van der Waals surface area contributed by atoms with Crippen molar-refractivity contribution in [2.45, 2.75) is 50.8 Å². The van der Waals surface area contributed by atoms with Crippen LogP contribution in [0.3, 0.4) is 0 Å². The van der Waals surface area contributed by atoms with Gasteiger partial charge in [-0.2, -0.15) is 11.3 Å². The average molecular weight is 471 g/mol. The molecule has 2 heterocycles. The van der Waals surface area contributed by atoms with Crippen LogP contribution in [0.4, 0.5) is 0 Å². The van der Waals surface area contributed by atoms with Gasteiger partial charge in [0.25, 0.3) is 0 Å². The van der Waals surface area contributed by atoms with Crippen molar-refractivity contribution in [1.29, 1.82) is 0 Å². The molecular weight excluding hydrogens is 440 g/mol. The Balaban J connectivity index is 1.74. The molecule has 1 aromatic heterocycles. The van der Waals surface area contributed by atoms with E-state index in [-0.39, 0.29) is 0 Å². The van der Waals surface area contributed by atoms with Crippen LogP contribution in [0.15, 0.2) is 53.2 Å². The highest BCUT2D eigenvalue weighted by molar-refractivity contribution is 7.08. The number of thiophene rings is 1. The van der Waals surface area contributed by atoms with E-state index in [1.165, 1.54) is 0 Å². The van der Waals surface area contributed by atoms with Gasteiger partial charge in [0.05, 0.1) is 13.2 Å². The topological polar surface area (TPSA) is 99.4 Å². The number of benzene rings is 2. The van der Waals surface area contributed by atoms with Crippen LogP contribution in [0.1, 0.15) is 35.3 Å². The molecule has 1 unspecified atom stereocenters. The molecule has 1 aliphatic rings. The maximum Gasteiger partial charge on any atom is 0.119 e. The molecule has 33 heavy (non-hydrogen) atoms. The summed E-state index contributed by atoms with van der Waals surface area (Å²) < 4.78 is 11.4. The van der Waals surface area contributed by atoms with Gasteiger partial charge in [0.1, 0.15) is 36.3 Å². The standard InChI is InChI=1S/C26H30O6S/c1-3-31-20-6-4-16(5-7-20)10-18-11-19(12-21(15(18)2)17-8-9-33-14-17)26-25(30)24(29)23(28)22(13-27)32-26/h4-9,11-12,14,22-30H,3,10,13H2,1-2H3/t22-,23-,24+,25?,26+/m1/s1. The molecule has 0 radical (unpaired) electrons. The van der Waals surface area contributed by atoms with Crippen molar-refractivity contribution in [3.8, 4) is 16.9 Å². The second-order valence-corrected chi connectivity index (χ2v) is 9.15. The van der Waals surface area contributed by atoms with Crippen LogP contribution >= 0.6 is 11.3 Å². The summed E-state index contributed by atoms with van der Waals surface area (Å²) in [4.78, 5) is 0. The van der Waals surface area contributed by atoms with Gasteiger partial charge in [-0.15, -0.1) is 0 Å². The number of rotatable bonds is 7. The molecule has 1 fully saturated rings. The molecular formula is C26H30O6S. The Morgan fingerprint density at radius 1 is 1.00 bits per heavy atom. The summed E-state index contributed by atoms with van der Waals surface area (Å²) >= 11 is 1.61. The van der Waals surface area contributed by atoms with Crippen LogP contribution in [0.25, 0.3) is 11.1 Å². The van der Waals surface area contributed by atoms with Crippen LogP contribution in [0, 0.1) is 6.92 Å². The summed E-state index contributed by atoms with van der Waals surface area (Å²) in [5.74, 6) is 0.826. The second-order valence-electron chi connectivity index (χ2n) is 8.37. The van der Waals surface area contributed by atoms with E-state index in [1.54, 1.807) is 11.3 Å². The van der Waals surface area contributed by atoms with Crippen molar-refractivity contribution in [2.75, 3.05) is 13.2 Å². The van der Waals surface area contributed by atoms with Crippen molar-refractivity contribution in [1.82, 2.24) is 0 Å². The van der Waals surface area contributed by atoms with E-state index in [0.717, 1.165) is 33.6 Å². The third-order valence-electron chi connectivity index (χ3n) is 6.22. The van der Waals surface area contributed by atoms with Crippen LogP contribution in [-0.4, -0.2) is 58.1 Å². The summed E-state index contributed by atoms with van der Waals surface area (Å²) in [6, 6.07) is 14.0. The van der Waals surface area contributed by atoms with E-state index in [4.69, 9.17) is 9.47 Å². The maximum absolute atomic E-state index is 10.7. The highest BCUT2D eigenvalue weighted by atomic mass is 32.1. The Morgan fingerprint density at radius 2 is 1.76 bits per heavy atom. The Labute approximate surface area is 197 Å². The molecule has 0 amide bonds. The molecule has 4 rings (SSSR count). The highest BCUT2D eigenvalue weighted by Gasteiger charge is 2.44. The summed E-state index contributed by atoms with van der Waals surface area (Å²) in [5, 5.41) is 44.9. The third-order valence-corrected chi connectivity index (χ3v) is 6.90. The quantitative estimate of drug-likeness (QED) is 0.423. The smallest absolute Gasteiger partial charge is 0.119 e.